The molecule has 422 valence electrons. The van der Waals surface area contributed by atoms with E-state index < -0.39 is 20.0 Å². The third-order valence-electron chi connectivity index (χ3n) is 13.7. The van der Waals surface area contributed by atoms with Crippen LogP contribution in [-0.4, -0.2) is 73.4 Å². The maximum absolute atomic E-state index is 13.0. The SMILES string of the molecule is CCCCCCC/C=C\C/C=C\CCCCCCCCCCCCCCCCCCCCCCCC(=O)NC(COP(=O)(O)OCC[N+](C)(C)C)C(O)/C=C/CC/C=C/CC/C=C/CCCCCCCCC. The lowest BCUT2D eigenvalue weighted by Gasteiger charge is -2.25. The molecule has 0 aromatic rings. The predicted octanol–water partition coefficient (Wildman–Crippen LogP) is 18.9. The number of carbonyl (C=O) groups excluding carboxylic acids is 1. The Morgan fingerprint density at radius 1 is 0.472 bits per heavy atom. The number of nitrogens with zero attached hydrogens (tertiary/aromatic N) is 1. The molecule has 3 atom stereocenters. The van der Waals surface area contributed by atoms with Crippen LogP contribution in [0.3, 0.4) is 0 Å². The molecular formula is C63H120N2O6P+. The molecule has 0 saturated carbocycles. The summed E-state index contributed by atoms with van der Waals surface area (Å²) < 4.78 is 23.7. The van der Waals surface area contributed by atoms with Gasteiger partial charge in [0.1, 0.15) is 13.2 Å². The molecule has 0 rings (SSSR count). The first-order valence-corrected chi connectivity index (χ1v) is 32.2. The Hall–Kier alpha value is -1.80. The number of phosphoric ester groups is 1. The van der Waals surface area contributed by atoms with Gasteiger partial charge >= 0.3 is 7.82 Å². The minimum absolute atomic E-state index is 0.0534. The van der Waals surface area contributed by atoms with Crippen molar-refractivity contribution in [1.29, 1.82) is 0 Å². The highest BCUT2D eigenvalue weighted by molar-refractivity contribution is 7.47. The number of aliphatic hydroxyl groups excluding tert-OH is 1. The van der Waals surface area contributed by atoms with Gasteiger partial charge in [-0.3, -0.25) is 13.8 Å². The summed E-state index contributed by atoms with van der Waals surface area (Å²) in [5, 5.41) is 13.9. The van der Waals surface area contributed by atoms with Gasteiger partial charge in [0.25, 0.3) is 0 Å². The quantitative estimate of drug-likeness (QED) is 0.0243. The first-order valence-electron chi connectivity index (χ1n) is 30.7. The Labute approximate surface area is 447 Å². The van der Waals surface area contributed by atoms with Gasteiger partial charge in [0.15, 0.2) is 0 Å². The van der Waals surface area contributed by atoms with Gasteiger partial charge in [0.05, 0.1) is 39.9 Å². The lowest BCUT2D eigenvalue weighted by Crippen LogP contribution is -2.45. The highest BCUT2D eigenvalue weighted by Gasteiger charge is 2.27. The van der Waals surface area contributed by atoms with E-state index in [1.165, 1.54) is 212 Å². The van der Waals surface area contributed by atoms with Gasteiger partial charge in [-0.1, -0.05) is 261 Å². The number of aliphatic hydroxyl groups is 1. The third-order valence-corrected chi connectivity index (χ3v) is 14.7. The molecule has 3 unspecified atom stereocenters. The van der Waals surface area contributed by atoms with Crippen LogP contribution >= 0.6 is 7.82 Å². The second kappa shape index (κ2) is 54.0. The summed E-state index contributed by atoms with van der Waals surface area (Å²) in [6, 6.07) is -0.870. The number of allylic oxidation sites excluding steroid dienone is 9. The second-order valence-electron chi connectivity index (χ2n) is 22.1. The van der Waals surface area contributed by atoms with E-state index in [0.717, 1.165) is 51.4 Å². The van der Waals surface area contributed by atoms with E-state index >= 15 is 0 Å². The van der Waals surface area contributed by atoms with Gasteiger partial charge in [0.2, 0.25) is 5.91 Å². The number of unbranched alkanes of at least 4 members (excludes halogenated alkanes) is 35. The molecule has 72 heavy (non-hydrogen) atoms. The average Bonchev–Trinajstić information content (AvgIpc) is 3.34. The van der Waals surface area contributed by atoms with Crippen LogP contribution in [0.5, 0.6) is 0 Å². The van der Waals surface area contributed by atoms with Gasteiger partial charge < -0.3 is 19.8 Å². The Morgan fingerprint density at radius 3 is 1.19 bits per heavy atom. The molecule has 0 aliphatic heterocycles. The van der Waals surface area contributed by atoms with Gasteiger partial charge in [0, 0.05) is 6.42 Å². The number of nitrogens with one attached hydrogen (secondary N) is 1. The highest BCUT2D eigenvalue weighted by Crippen LogP contribution is 2.43. The summed E-state index contributed by atoms with van der Waals surface area (Å²) in [5.41, 5.74) is 0. The molecule has 9 heteroatoms. The van der Waals surface area contributed by atoms with E-state index in [2.05, 4.69) is 67.8 Å². The number of hydrogen-bond acceptors (Lipinski definition) is 5. The minimum atomic E-state index is -4.36. The number of phosphoric acid groups is 1. The fourth-order valence-corrected chi connectivity index (χ4v) is 9.61. The Bertz CT molecular complexity index is 1360. The first-order chi connectivity index (χ1) is 35.0. The summed E-state index contributed by atoms with van der Waals surface area (Å²) in [4.78, 5) is 23.3. The maximum atomic E-state index is 13.0. The molecule has 0 aliphatic rings. The van der Waals surface area contributed by atoms with Crippen molar-refractivity contribution in [2.75, 3.05) is 40.9 Å². The smallest absolute Gasteiger partial charge is 0.387 e. The zero-order valence-corrected chi connectivity index (χ0v) is 49.1. The predicted molar refractivity (Wildman–Crippen MR) is 314 cm³/mol. The van der Waals surface area contributed by atoms with Crippen molar-refractivity contribution in [3.63, 3.8) is 0 Å². The molecule has 3 N–H and O–H groups in total. The molecule has 0 aliphatic carbocycles. The molecule has 0 bridgehead atoms. The van der Waals surface area contributed by atoms with Crippen molar-refractivity contribution >= 4 is 13.7 Å². The van der Waals surface area contributed by atoms with Crippen LogP contribution in [0.15, 0.2) is 60.8 Å². The minimum Gasteiger partial charge on any atom is -0.387 e. The molecule has 1 amide bonds. The molecule has 0 heterocycles. The maximum Gasteiger partial charge on any atom is 0.472 e. The number of carbonyl (C=O) groups is 1. The van der Waals surface area contributed by atoms with Crippen LogP contribution < -0.4 is 5.32 Å². The van der Waals surface area contributed by atoms with E-state index in [1.54, 1.807) is 6.08 Å². The van der Waals surface area contributed by atoms with Crippen LogP contribution in [0.4, 0.5) is 0 Å². The zero-order valence-electron chi connectivity index (χ0n) is 48.2. The summed E-state index contributed by atoms with van der Waals surface area (Å²) in [7, 11) is 1.55. The van der Waals surface area contributed by atoms with Gasteiger partial charge in [-0.05, 0) is 77.0 Å². The number of likely N-dealkylation sites (N-methyl/N-ethyl adjacent to an activating group) is 1. The molecule has 0 saturated heterocycles. The molecule has 0 radical (unpaired) electrons. The fraction of sp³-hybridized carbons (Fsp3) is 0.825. The van der Waals surface area contributed by atoms with E-state index in [9.17, 15) is 19.4 Å². The largest absolute Gasteiger partial charge is 0.472 e. The Kier molecular flexibility index (Phi) is 52.7. The Balaban J connectivity index is 4.08. The van der Waals surface area contributed by atoms with Gasteiger partial charge in [-0.2, -0.15) is 0 Å². The number of amides is 1. The van der Waals surface area contributed by atoms with Crippen LogP contribution in [0.1, 0.15) is 284 Å². The van der Waals surface area contributed by atoms with Crippen molar-refractivity contribution in [3.8, 4) is 0 Å². The van der Waals surface area contributed by atoms with Crippen molar-refractivity contribution in [2.45, 2.75) is 296 Å². The van der Waals surface area contributed by atoms with Crippen molar-refractivity contribution in [3.05, 3.63) is 60.8 Å². The second-order valence-corrected chi connectivity index (χ2v) is 23.5. The standard InChI is InChI=1S/C63H119N2O6P/c1-6-8-10-12-14-16-18-20-22-24-25-26-27-28-29-30-31-32-33-34-35-36-37-38-39-41-43-45-47-49-51-53-55-57-63(67)64-61(60-71-72(68,69)70-59-58-65(3,4)5)62(66)56-54-52-50-48-46-44-42-40-23-21-19-17-15-13-11-9-7-2/h18,20,23-25,40,46,48,54,56,61-62,66H,6-17,19,21-22,26-39,41-45,47,49-53,55,57-60H2,1-5H3,(H-,64,67,68,69)/p+1/b20-18-,25-24-,40-23+,48-46+,56-54+. The fourth-order valence-electron chi connectivity index (χ4n) is 8.87. The van der Waals surface area contributed by atoms with E-state index in [-0.39, 0.29) is 19.1 Å². The van der Waals surface area contributed by atoms with E-state index in [1.807, 2.05) is 27.2 Å². The molecular weight excluding hydrogens is 912 g/mol. The molecule has 0 aromatic carbocycles. The van der Waals surface area contributed by atoms with Crippen molar-refractivity contribution in [1.82, 2.24) is 5.32 Å². The lowest BCUT2D eigenvalue weighted by atomic mass is 10.0. The van der Waals surface area contributed by atoms with Crippen LogP contribution in [0.25, 0.3) is 0 Å². The molecule has 0 aromatic heterocycles. The van der Waals surface area contributed by atoms with Crippen molar-refractivity contribution in [2.24, 2.45) is 0 Å². The summed E-state index contributed by atoms with van der Waals surface area (Å²) in [6.07, 6.45) is 73.5. The van der Waals surface area contributed by atoms with Gasteiger partial charge in [-0.25, -0.2) is 4.57 Å². The van der Waals surface area contributed by atoms with Crippen molar-refractivity contribution < 1.29 is 32.9 Å². The van der Waals surface area contributed by atoms with E-state index in [0.29, 0.717) is 17.4 Å². The van der Waals surface area contributed by atoms with E-state index in [4.69, 9.17) is 9.05 Å². The lowest BCUT2D eigenvalue weighted by molar-refractivity contribution is -0.870. The van der Waals surface area contributed by atoms with Crippen LogP contribution in [0.2, 0.25) is 0 Å². The molecule has 8 nitrogen and oxygen atoms in total. The summed E-state index contributed by atoms with van der Waals surface area (Å²) in [6.45, 7) is 4.79. The third kappa shape index (κ3) is 55.9. The number of hydrogen-bond donors (Lipinski definition) is 3. The Morgan fingerprint density at radius 2 is 0.806 bits per heavy atom. The average molecular weight is 1030 g/mol. The summed E-state index contributed by atoms with van der Waals surface area (Å²) in [5.74, 6) is -0.188. The summed E-state index contributed by atoms with van der Waals surface area (Å²) >= 11 is 0. The zero-order chi connectivity index (χ0) is 52.7. The monoisotopic (exact) mass is 1030 g/mol. The topological polar surface area (TPSA) is 105 Å². The normalized spacial score (nSPS) is 14.3. The van der Waals surface area contributed by atoms with Gasteiger partial charge in [-0.15, -0.1) is 0 Å². The molecule has 0 fully saturated rings. The van der Waals surface area contributed by atoms with Crippen LogP contribution in [-0.2, 0) is 18.4 Å². The number of rotatable bonds is 56. The molecule has 0 spiro atoms. The first kappa shape index (κ1) is 70.2. The number of quaternary nitrogens is 1. The van der Waals surface area contributed by atoms with Crippen LogP contribution in [0, 0.1) is 0 Å². The highest BCUT2D eigenvalue weighted by atomic mass is 31.2.